The highest BCUT2D eigenvalue weighted by molar-refractivity contribution is 7.80. The van der Waals surface area contributed by atoms with Crippen LogP contribution in [0.25, 0.3) is 22.0 Å². The van der Waals surface area contributed by atoms with E-state index in [0.29, 0.717) is 27.6 Å². The molecule has 2 heterocycles. The maximum absolute atomic E-state index is 12.6. The van der Waals surface area contributed by atoms with Gasteiger partial charge in [-0.1, -0.05) is 30.8 Å². The van der Waals surface area contributed by atoms with E-state index in [1.807, 2.05) is 24.3 Å². The summed E-state index contributed by atoms with van der Waals surface area (Å²) in [7, 11) is 0. The van der Waals surface area contributed by atoms with Crippen LogP contribution in [0.1, 0.15) is 12.5 Å². The summed E-state index contributed by atoms with van der Waals surface area (Å²) in [6, 6.07) is 7.44. The number of nitrogen functional groups attached to an aromatic ring is 1. The zero-order valence-corrected chi connectivity index (χ0v) is 12.2. The molecule has 6 nitrogen and oxygen atoms in total. The summed E-state index contributed by atoms with van der Waals surface area (Å²) in [6.45, 7) is 5.52. The van der Waals surface area contributed by atoms with Crippen LogP contribution in [-0.4, -0.2) is 14.6 Å². The number of fused-ring (bicyclic) bond motifs is 3. The van der Waals surface area contributed by atoms with Crippen molar-refractivity contribution in [3.05, 3.63) is 46.8 Å². The van der Waals surface area contributed by atoms with Gasteiger partial charge in [0.1, 0.15) is 5.03 Å². The zero-order valence-electron chi connectivity index (χ0n) is 11.3. The fourth-order valence-electron chi connectivity index (χ4n) is 2.29. The Morgan fingerprint density at radius 2 is 2.05 bits per heavy atom. The quantitative estimate of drug-likeness (QED) is 0.221. The summed E-state index contributed by atoms with van der Waals surface area (Å²) in [6.07, 6.45) is 0. The number of aromatic nitrogens is 3. The van der Waals surface area contributed by atoms with Crippen LogP contribution in [-0.2, 0) is 0 Å². The second kappa shape index (κ2) is 4.87. The number of thiol groups is 1. The Morgan fingerprint density at radius 1 is 1.38 bits per heavy atom. The molecule has 106 valence electrons. The van der Waals surface area contributed by atoms with E-state index in [9.17, 15) is 4.79 Å². The Kier molecular flexibility index (Phi) is 3.15. The third-order valence-corrected chi connectivity index (χ3v) is 3.55. The standard InChI is InChI=1S/C14H13N5OS/c1-7(2)10-13(21)16-12-9-6-4-3-5-8(9)11(17-15)18-19(12)14(10)20/h3-6,21H,1,15H2,2H3,(H,17,18). The van der Waals surface area contributed by atoms with Crippen molar-refractivity contribution < 1.29 is 0 Å². The van der Waals surface area contributed by atoms with Crippen molar-refractivity contribution in [1.82, 2.24) is 14.6 Å². The predicted octanol–water partition coefficient (Wildman–Crippen LogP) is 1.85. The number of hydrogen-bond donors (Lipinski definition) is 3. The first-order chi connectivity index (χ1) is 10.0. The first-order valence-corrected chi connectivity index (χ1v) is 6.66. The first kappa shape index (κ1) is 13.6. The molecule has 7 heteroatoms. The summed E-state index contributed by atoms with van der Waals surface area (Å²) in [5.41, 5.74) is 3.56. The van der Waals surface area contributed by atoms with Crippen LogP contribution in [0, 0.1) is 0 Å². The molecule has 0 aliphatic rings. The summed E-state index contributed by atoms with van der Waals surface area (Å²) >= 11 is 4.30. The molecule has 0 saturated carbocycles. The topological polar surface area (TPSA) is 85.3 Å². The van der Waals surface area contributed by atoms with Gasteiger partial charge in [0.25, 0.3) is 5.56 Å². The van der Waals surface area contributed by atoms with Gasteiger partial charge in [0.05, 0.1) is 5.56 Å². The predicted molar refractivity (Wildman–Crippen MR) is 86.5 cm³/mol. The van der Waals surface area contributed by atoms with Gasteiger partial charge in [0.2, 0.25) is 0 Å². The van der Waals surface area contributed by atoms with Crippen molar-refractivity contribution in [1.29, 1.82) is 0 Å². The Morgan fingerprint density at radius 3 is 2.67 bits per heavy atom. The second-order valence-corrected chi connectivity index (χ2v) is 5.09. The van der Waals surface area contributed by atoms with E-state index < -0.39 is 0 Å². The number of allylic oxidation sites excluding steroid dienone is 1. The van der Waals surface area contributed by atoms with Gasteiger partial charge in [0, 0.05) is 10.8 Å². The minimum absolute atomic E-state index is 0.320. The molecule has 0 amide bonds. The number of nitrogens with one attached hydrogen (secondary N) is 1. The molecule has 1 aromatic carbocycles. The van der Waals surface area contributed by atoms with Gasteiger partial charge < -0.3 is 5.43 Å². The Bertz CT molecular complexity index is 947. The van der Waals surface area contributed by atoms with E-state index in [1.165, 1.54) is 4.52 Å². The third-order valence-electron chi connectivity index (χ3n) is 3.23. The van der Waals surface area contributed by atoms with Crippen LogP contribution in [0.5, 0.6) is 0 Å². The van der Waals surface area contributed by atoms with Gasteiger partial charge in [-0.25, -0.2) is 10.8 Å². The summed E-state index contributed by atoms with van der Waals surface area (Å²) in [4.78, 5) is 17.0. The Labute approximate surface area is 125 Å². The molecule has 0 unspecified atom stereocenters. The van der Waals surface area contributed by atoms with Crippen LogP contribution in [0.15, 0.2) is 40.7 Å². The van der Waals surface area contributed by atoms with E-state index >= 15 is 0 Å². The number of rotatable bonds is 2. The molecule has 0 bridgehead atoms. The molecule has 0 atom stereocenters. The minimum Gasteiger partial charge on any atom is -0.307 e. The Balaban J connectivity index is 2.60. The average molecular weight is 299 g/mol. The SMILES string of the molecule is C=C(C)c1c(S)nc2c3ccccc3c(NN)nn2c1=O. The van der Waals surface area contributed by atoms with E-state index in [1.54, 1.807) is 6.92 Å². The number of anilines is 1. The lowest BCUT2D eigenvalue weighted by molar-refractivity contribution is 0.849. The molecule has 3 rings (SSSR count). The van der Waals surface area contributed by atoms with Crippen LogP contribution in [0.4, 0.5) is 5.82 Å². The molecule has 0 saturated heterocycles. The van der Waals surface area contributed by atoms with Gasteiger partial charge in [-0.05, 0) is 12.5 Å². The largest absolute Gasteiger partial charge is 0.307 e. The fourth-order valence-corrected chi connectivity index (χ4v) is 2.67. The highest BCUT2D eigenvalue weighted by Crippen LogP contribution is 2.24. The van der Waals surface area contributed by atoms with Crippen LogP contribution in [0.2, 0.25) is 0 Å². The third kappa shape index (κ3) is 1.98. The van der Waals surface area contributed by atoms with Crippen LogP contribution in [0.3, 0.4) is 0 Å². The summed E-state index contributed by atoms with van der Waals surface area (Å²) in [5, 5.41) is 6.12. The van der Waals surface area contributed by atoms with Crippen molar-refractivity contribution in [3.8, 4) is 0 Å². The van der Waals surface area contributed by atoms with E-state index in [4.69, 9.17) is 5.84 Å². The zero-order chi connectivity index (χ0) is 15.1. The van der Waals surface area contributed by atoms with Crippen molar-refractivity contribution in [3.63, 3.8) is 0 Å². The lowest BCUT2D eigenvalue weighted by atomic mass is 10.1. The molecule has 0 fully saturated rings. The molecule has 0 spiro atoms. The fraction of sp³-hybridized carbons (Fsp3) is 0.0714. The molecular formula is C14H13N5OS. The monoisotopic (exact) mass is 299 g/mol. The van der Waals surface area contributed by atoms with Crippen molar-refractivity contribution >= 4 is 40.4 Å². The van der Waals surface area contributed by atoms with Gasteiger partial charge in [-0.3, -0.25) is 4.79 Å². The van der Waals surface area contributed by atoms with Gasteiger partial charge >= 0.3 is 0 Å². The molecule has 3 aromatic rings. The van der Waals surface area contributed by atoms with Crippen LogP contribution >= 0.6 is 12.6 Å². The smallest absolute Gasteiger partial charge is 0.283 e. The molecule has 21 heavy (non-hydrogen) atoms. The van der Waals surface area contributed by atoms with Gasteiger partial charge in [-0.2, -0.15) is 4.52 Å². The molecule has 0 aliphatic heterocycles. The molecule has 0 aliphatic carbocycles. The highest BCUT2D eigenvalue weighted by atomic mass is 32.1. The molecule has 3 N–H and O–H groups in total. The van der Waals surface area contributed by atoms with Gasteiger partial charge in [-0.15, -0.1) is 17.7 Å². The van der Waals surface area contributed by atoms with Crippen molar-refractivity contribution in [2.45, 2.75) is 11.9 Å². The van der Waals surface area contributed by atoms with Crippen molar-refractivity contribution in [2.75, 3.05) is 5.43 Å². The molecule has 0 radical (unpaired) electrons. The summed E-state index contributed by atoms with van der Waals surface area (Å²) in [5.74, 6) is 5.91. The molecular weight excluding hydrogens is 286 g/mol. The Hall–Kier alpha value is -2.38. The lowest BCUT2D eigenvalue weighted by Crippen LogP contribution is -2.24. The van der Waals surface area contributed by atoms with Gasteiger partial charge in [0.15, 0.2) is 11.5 Å². The number of nitrogens with zero attached hydrogens (tertiary/aromatic N) is 3. The maximum Gasteiger partial charge on any atom is 0.283 e. The van der Waals surface area contributed by atoms with E-state index in [2.05, 4.69) is 34.7 Å². The van der Waals surface area contributed by atoms with Crippen LogP contribution < -0.4 is 16.8 Å². The second-order valence-electron chi connectivity index (χ2n) is 4.67. The normalized spacial score (nSPS) is 11.0. The average Bonchev–Trinajstić information content (AvgIpc) is 2.46. The van der Waals surface area contributed by atoms with Crippen molar-refractivity contribution in [2.24, 2.45) is 5.84 Å². The molecule has 2 aromatic heterocycles. The summed E-state index contributed by atoms with van der Waals surface area (Å²) < 4.78 is 1.22. The highest BCUT2D eigenvalue weighted by Gasteiger charge is 2.15. The number of hydrazine groups is 1. The lowest BCUT2D eigenvalue weighted by Gasteiger charge is -2.11. The minimum atomic E-state index is -0.320. The van der Waals surface area contributed by atoms with E-state index in [-0.39, 0.29) is 5.56 Å². The first-order valence-electron chi connectivity index (χ1n) is 6.22. The number of hydrogen-bond acceptors (Lipinski definition) is 6. The maximum atomic E-state index is 12.6. The number of benzene rings is 1. The van der Waals surface area contributed by atoms with E-state index in [0.717, 1.165) is 10.8 Å². The number of nitrogens with two attached hydrogens (primary N) is 1.